The van der Waals surface area contributed by atoms with Crippen LogP contribution >= 0.6 is 27.7 Å². The SMILES string of the molecule is N=C(N)c1ccc(Br)cc1Sc1ccccc1. The summed E-state index contributed by atoms with van der Waals surface area (Å²) in [6, 6.07) is 15.8. The lowest BCUT2D eigenvalue weighted by Crippen LogP contribution is -2.12. The van der Waals surface area contributed by atoms with Gasteiger partial charge in [0.2, 0.25) is 0 Å². The van der Waals surface area contributed by atoms with Gasteiger partial charge in [-0.1, -0.05) is 45.9 Å². The minimum atomic E-state index is 0.0935. The van der Waals surface area contributed by atoms with Gasteiger partial charge in [0.25, 0.3) is 0 Å². The number of hydrogen-bond acceptors (Lipinski definition) is 2. The van der Waals surface area contributed by atoms with Gasteiger partial charge in [-0.2, -0.15) is 0 Å². The first kappa shape index (κ1) is 12.2. The molecule has 0 aliphatic heterocycles. The van der Waals surface area contributed by atoms with E-state index in [9.17, 15) is 0 Å². The lowest BCUT2D eigenvalue weighted by molar-refractivity contribution is 1.32. The smallest absolute Gasteiger partial charge is 0.123 e. The highest BCUT2D eigenvalue weighted by atomic mass is 79.9. The Morgan fingerprint density at radius 1 is 1.12 bits per heavy atom. The van der Waals surface area contributed by atoms with Gasteiger partial charge in [-0.3, -0.25) is 5.41 Å². The number of halogens is 1. The number of nitrogen functional groups attached to an aromatic ring is 1. The average molecular weight is 307 g/mol. The predicted molar refractivity (Wildman–Crippen MR) is 75.7 cm³/mol. The Morgan fingerprint density at radius 3 is 2.47 bits per heavy atom. The van der Waals surface area contributed by atoms with Crippen molar-refractivity contribution in [3.63, 3.8) is 0 Å². The number of benzene rings is 2. The number of nitrogens with one attached hydrogen (secondary N) is 1. The summed E-state index contributed by atoms with van der Waals surface area (Å²) in [7, 11) is 0. The maximum absolute atomic E-state index is 7.56. The van der Waals surface area contributed by atoms with E-state index in [0.29, 0.717) is 0 Å². The fourth-order valence-electron chi connectivity index (χ4n) is 1.42. The summed E-state index contributed by atoms with van der Waals surface area (Å²) >= 11 is 5.04. The van der Waals surface area contributed by atoms with Gasteiger partial charge in [-0.25, -0.2) is 0 Å². The van der Waals surface area contributed by atoms with Gasteiger partial charge < -0.3 is 5.73 Å². The summed E-state index contributed by atoms with van der Waals surface area (Å²) < 4.78 is 0.987. The molecule has 0 heterocycles. The van der Waals surface area contributed by atoms with Crippen LogP contribution in [0, 0.1) is 5.41 Å². The first-order chi connectivity index (χ1) is 8.16. The van der Waals surface area contributed by atoms with Crippen LogP contribution in [0.5, 0.6) is 0 Å². The minimum absolute atomic E-state index is 0.0935. The van der Waals surface area contributed by atoms with E-state index in [0.717, 1.165) is 19.8 Å². The minimum Gasteiger partial charge on any atom is -0.384 e. The van der Waals surface area contributed by atoms with E-state index in [1.54, 1.807) is 11.8 Å². The fraction of sp³-hybridized carbons (Fsp3) is 0. The maximum atomic E-state index is 7.56. The number of hydrogen-bond donors (Lipinski definition) is 2. The number of amidine groups is 1. The molecule has 4 heteroatoms. The average Bonchev–Trinajstić information content (AvgIpc) is 2.30. The molecule has 0 aromatic heterocycles. The lowest BCUT2D eigenvalue weighted by atomic mass is 10.2. The van der Waals surface area contributed by atoms with Crippen LogP contribution in [0.2, 0.25) is 0 Å². The van der Waals surface area contributed by atoms with Crippen LogP contribution in [0.3, 0.4) is 0 Å². The molecule has 0 bridgehead atoms. The zero-order valence-corrected chi connectivity index (χ0v) is 11.4. The summed E-state index contributed by atoms with van der Waals surface area (Å²) in [5.41, 5.74) is 6.34. The lowest BCUT2D eigenvalue weighted by Gasteiger charge is -2.08. The van der Waals surface area contributed by atoms with E-state index in [1.807, 2.05) is 48.5 Å². The van der Waals surface area contributed by atoms with Crippen LogP contribution in [0.15, 0.2) is 62.8 Å². The van der Waals surface area contributed by atoms with Crippen molar-refractivity contribution in [3.8, 4) is 0 Å². The summed E-state index contributed by atoms with van der Waals surface area (Å²) in [6.45, 7) is 0. The molecule has 17 heavy (non-hydrogen) atoms. The molecule has 2 rings (SSSR count). The molecular formula is C13H11BrN2S. The van der Waals surface area contributed by atoms with E-state index >= 15 is 0 Å². The third kappa shape index (κ3) is 3.11. The molecular weight excluding hydrogens is 296 g/mol. The topological polar surface area (TPSA) is 49.9 Å². The second-order valence-electron chi connectivity index (χ2n) is 3.47. The highest BCUT2D eigenvalue weighted by molar-refractivity contribution is 9.10. The zero-order chi connectivity index (χ0) is 12.3. The van der Waals surface area contributed by atoms with Crippen LogP contribution in [0.1, 0.15) is 5.56 Å². The molecule has 0 atom stereocenters. The molecule has 3 N–H and O–H groups in total. The highest BCUT2D eigenvalue weighted by Gasteiger charge is 2.07. The number of rotatable bonds is 3. The van der Waals surface area contributed by atoms with Crippen molar-refractivity contribution in [2.24, 2.45) is 5.73 Å². The zero-order valence-electron chi connectivity index (χ0n) is 8.98. The Hall–Kier alpha value is -1.26. The number of nitrogens with two attached hydrogens (primary N) is 1. The van der Waals surface area contributed by atoms with Crippen molar-refractivity contribution in [1.82, 2.24) is 0 Å². The molecule has 0 unspecified atom stereocenters. The van der Waals surface area contributed by atoms with Gasteiger partial charge in [0.05, 0.1) is 0 Å². The third-order valence-electron chi connectivity index (χ3n) is 2.20. The molecule has 2 aromatic rings. The Kier molecular flexibility index (Phi) is 3.86. The van der Waals surface area contributed by atoms with E-state index in [-0.39, 0.29) is 5.84 Å². The van der Waals surface area contributed by atoms with Crippen molar-refractivity contribution >= 4 is 33.5 Å². The highest BCUT2D eigenvalue weighted by Crippen LogP contribution is 2.32. The molecule has 0 aliphatic rings. The Bertz CT molecular complexity index is 540. The molecule has 0 saturated carbocycles. The molecule has 0 spiro atoms. The van der Waals surface area contributed by atoms with Crippen LogP contribution in [-0.4, -0.2) is 5.84 Å². The van der Waals surface area contributed by atoms with Gasteiger partial charge in [0, 0.05) is 19.8 Å². The fourth-order valence-corrected chi connectivity index (χ4v) is 2.95. The van der Waals surface area contributed by atoms with Crippen molar-refractivity contribution in [3.05, 3.63) is 58.6 Å². The molecule has 0 saturated heterocycles. The third-order valence-corrected chi connectivity index (χ3v) is 3.76. The molecule has 2 aromatic carbocycles. The largest absolute Gasteiger partial charge is 0.384 e. The summed E-state index contributed by atoms with van der Waals surface area (Å²) in [5.74, 6) is 0.0935. The molecule has 2 nitrogen and oxygen atoms in total. The second kappa shape index (κ2) is 5.38. The van der Waals surface area contributed by atoms with Crippen LogP contribution in [-0.2, 0) is 0 Å². The quantitative estimate of drug-likeness (QED) is 0.668. The van der Waals surface area contributed by atoms with Gasteiger partial charge in [0.15, 0.2) is 0 Å². The molecule has 0 aliphatic carbocycles. The van der Waals surface area contributed by atoms with Gasteiger partial charge >= 0.3 is 0 Å². The van der Waals surface area contributed by atoms with Gasteiger partial charge in [-0.05, 0) is 30.3 Å². The monoisotopic (exact) mass is 306 g/mol. The maximum Gasteiger partial charge on any atom is 0.123 e. The first-order valence-electron chi connectivity index (χ1n) is 5.03. The summed E-state index contributed by atoms with van der Waals surface area (Å²) in [6.07, 6.45) is 0. The predicted octanol–water partition coefficient (Wildman–Crippen LogP) is 3.88. The first-order valence-corrected chi connectivity index (χ1v) is 6.64. The normalized spacial score (nSPS) is 10.2. The molecule has 0 radical (unpaired) electrons. The Balaban J connectivity index is 2.37. The van der Waals surface area contributed by atoms with Gasteiger partial charge in [0.1, 0.15) is 5.84 Å². The van der Waals surface area contributed by atoms with Gasteiger partial charge in [-0.15, -0.1) is 0 Å². The van der Waals surface area contributed by atoms with E-state index in [4.69, 9.17) is 11.1 Å². The standard InChI is InChI=1S/C13H11BrN2S/c14-9-6-7-11(13(15)16)12(8-9)17-10-4-2-1-3-5-10/h1-8H,(H3,15,16). The van der Waals surface area contributed by atoms with Crippen molar-refractivity contribution in [2.45, 2.75) is 9.79 Å². The molecule has 0 amide bonds. The Labute approximate surface area is 113 Å². The van der Waals surface area contributed by atoms with E-state index in [1.165, 1.54) is 0 Å². The van der Waals surface area contributed by atoms with Crippen LogP contribution in [0.4, 0.5) is 0 Å². The second-order valence-corrected chi connectivity index (χ2v) is 5.50. The van der Waals surface area contributed by atoms with Crippen molar-refractivity contribution < 1.29 is 0 Å². The van der Waals surface area contributed by atoms with E-state index in [2.05, 4.69) is 15.9 Å². The summed E-state index contributed by atoms with van der Waals surface area (Å²) in [5, 5.41) is 7.56. The van der Waals surface area contributed by atoms with Crippen molar-refractivity contribution in [2.75, 3.05) is 0 Å². The van der Waals surface area contributed by atoms with Crippen LogP contribution in [0.25, 0.3) is 0 Å². The molecule has 86 valence electrons. The summed E-state index contributed by atoms with van der Waals surface area (Å²) in [4.78, 5) is 2.12. The van der Waals surface area contributed by atoms with Crippen molar-refractivity contribution in [1.29, 1.82) is 5.41 Å². The van der Waals surface area contributed by atoms with Crippen LogP contribution < -0.4 is 5.73 Å². The van der Waals surface area contributed by atoms with E-state index < -0.39 is 0 Å². The molecule has 0 fully saturated rings. The Morgan fingerprint density at radius 2 is 1.82 bits per heavy atom.